The van der Waals surface area contributed by atoms with Crippen molar-refractivity contribution >= 4 is 18.7 Å². The number of carbonyl (C=O) groups excluding carboxylic acids is 1. The van der Waals surface area contributed by atoms with Gasteiger partial charge in [-0.05, 0) is 50.7 Å². The van der Waals surface area contributed by atoms with Gasteiger partial charge in [0.2, 0.25) is 0 Å². The zero-order valence-electron chi connectivity index (χ0n) is 17.0. The highest BCUT2D eigenvalue weighted by atomic mass is 16.7. The fourth-order valence-corrected chi connectivity index (χ4v) is 3.41. The van der Waals surface area contributed by atoms with Crippen LogP contribution in [0.15, 0.2) is 54.6 Å². The van der Waals surface area contributed by atoms with Crippen LogP contribution >= 0.6 is 0 Å². The zero-order valence-corrected chi connectivity index (χ0v) is 17.0. The number of ether oxygens (including phenoxy) is 1. The average molecular weight is 381 g/mol. The molecular weight excluding hydrogens is 353 g/mol. The lowest BCUT2D eigenvalue weighted by molar-refractivity contribution is 0.00578. The first-order valence-electron chi connectivity index (χ1n) is 9.60. The van der Waals surface area contributed by atoms with Crippen molar-refractivity contribution in [3.8, 4) is 0 Å². The molecule has 3 rings (SSSR count). The average Bonchev–Trinajstić information content (AvgIpc) is 2.87. The summed E-state index contributed by atoms with van der Waals surface area (Å²) in [5, 5.41) is 0. The van der Waals surface area contributed by atoms with Crippen LogP contribution in [0, 0.1) is 0 Å². The molecule has 1 aliphatic rings. The number of amides is 1. The monoisotopic (exact) mass is 381 g/mol. The second-order valence-corrected chi connectivity index (χ2v) is 8.23. The van der Waals surface area contributed by atoms with Gasteiger partial charge in [-0.3, -0.25) is 0 Å². The summed E-state index contributed by atoms with van der Waals surface area (Å²) in [6.07, 6.45) is -0.0591. The second kappa shape index (κ2) is 7.98. The topological polar surface area (TPSA) is 70.8 Å². The van der Waals surface area contributed by atoms with Crippen molar-refractivity contribution < 1.29 is 18.8 Å². The molecular formula is C22H28BNO4. The fourth-order valence-electron chi connectivity index (χ4n) is 3.41. The Morgan fingerprint density at radius 3 is 2.18 bits per heavy atom. The Balaban J connectivity index is 1.93. The van der Waals surface area contributed by atoms with Gasteiger partial charge >= 0.3 is 13.2 Å². The van der Waals surface area contributed by atoms with Crippen molar-refractivity contribution in [2.24, 2.45) is 5.73 Å². The molecule has 1 atom stereocenters. The van der Waals surface area contributed by atoms with E-state index in [1.54, 1.807) is 0 Å². The largest absolute Gasteiger partial charge is 0.495 e. The summed E-state index contributed by atoms with van der Waals surface area (Å²) >= 11 is 0. The SMILES string of the molecule is CC1(C)OB(c2ccccc2C(COC(N)=O)Cc2ccccc2)OC1(C)C. The summed E-state index contributed by atoms with van der Waals surface area (Å²) in [4.78, 5) is 11.2. The van der Waals surface area contributed by atoms with Gasteiger partial charge in [-0.25, -0.2) is 4.79 Å². The van der Waals surface area contributed by atoms with Crippen LogP contribution in [0.5, 0.6) is 0 Å². The van der Waals surface area contributed by atoms with Crippen molar-refractivity contribution in [1.29, 1.82) is 0 Å². The maximum atomic E-state index is 11.2. The first-order chi connectivity index (χ1) is 13.2. The van der Waals surface area contributed by atoms with E-state index in [2.05, 4.69) is 12.1 Å². The van der Waals surface area contributed by atoms with Crippen LogP contribution in [-0.4, -0.2) is 31.0 Å². The number of nitrogens with two attached hydrogens (primary N) is 1. The van der Waals surface area contributed by atoms with Gasteiger partial charge in [-0.1, -0.05) is 54.6 Å². The highest BCUT2D eigenvalue weighted by molar-refractivity contribution is 6.62. The van der Waals surface area contributed by atoms with Crippen LogP contribution in [0.2, 0.25) is 0 Å². The normalized spacial score (nSPS) is 18.6. The first kappa shape index (κ1) is 20.4. The molecule has 28 heavy (non-hydrogen) atoms. The number of primary amides is 1. The Hall–Kier alpha value is -2.31. The molecule has 0 bridgehead atoms. The van der Waals surface area contributed by atoms with E-state index in [-0.39, 0.29) is 12.5 Å². The van der Waals surface area contributed by atoms with E-state index in [4.69, 9.17) is 19.8 Å². The van der Waals surface area contributed by atoms with Crippen LogP contribution in [0.3, 0.4) is 0 Å². The Labute approximate surface area is 167 Å². The van der Waals surface area contributed by atoms with Gasteiger partial charge < -0.3 is 19.8 Å². The summed E-state index contributed by atoms with van der Waals surface area (Å²) < 4.78 is 17.7. The lowest BCUT2D eigenvalue weighted by Crippen LogP contribution is -2.41. The molecule has 0 aromatic heterocycles. The van der Waals surface area contributed by atoms with E-state index >= 15 is 0 Å². The minimum absolute atomic E-state index is 0.0647. The smallest absolute Gasteiger partial charge is 0.449 e. The van der Waals surface area contributed by atoms with Crippen molar-refractivity contribution in [2.75, 3.05) is 6.61 Å². The Bertz CT molecular complexity index is 806. The third-order valence-electron chi connectivity index (χ3n) is 5.69. The van der Waals surface area contributed by atoms with Gasteiger partial charge in [0.05, 0.1) is 11.2 Å². The van der Waals surface area contributed by atoms with E-state index in [1.807, 2.05) is 70.2 Å². The van der Waals surface area contributed by atoms with Gasteiger partial charge in [0.1, 0.15) is 6.61 Å². The molecule has 5 nitrogen and oxygen atoms in total. The van der Waals surface area contributed by atoms with Crippen molar-refractivity contribution in [1.82, 2.24) is 0 Å². The van der Waals surface area contributed by atoms with Gasteiger partial charge in [-0.2, -0.15) is 0 Å². The summed E-state index contributed by atoms with van der Waals surface area (Å²) in [5.74, 6) is -0.0647. The molecule has 2 N–H and O–H groups in total. The molecule has 2 aromatic carbocycles. The minimum atomic E-state index is -0.772. The summed E-state index contributed by atoms with van der Waals surface area (Å²) in [6, 6.07) is 18.1. The van der Waals surface area contributed by atoms with E-state index < -0.39 is 24.4 Å². The van der Waals surface area contributed by atoms with Gasteiger partial charge in [0, 0.05) is 5.92 Å². The summed E-state index contributed by atoms with van der Waals surface area (Å²) in [7, 11) is -0.479. The maximum Gasteiger partial charge on any atom is 0.495 e. The quantitative estimate of drug-likeness (QED) is 0.779. The number of hydrogen-bond donors (Lipinski definition) is 1. The lowest BCUT2D eigenvalue weighted by Gasteiger charge is -2.32. The highest BCUT2D eigenvalue weighted by Crippen LogP contribution is 2.37. The molecule has 1 heterocycles. The molecule has 6 heteroatoms. The lowest BCUT2D eigenvalue weighted by atomic mass is 9.72. The molecule has 1 saturated heterocycles. The molecule has 2 aromatic rings. The van der Waals surface area contributed by atoms with Crippen molar-refractivity contribution in [2.45, 2.75) is 51.2 Å². The third-order valence-corrected chi connectivity index (χ3v) is 5.69. The van der Waals surface area contributed by atoms with Crippen LogP contribution in [-0.2, 0) is 20.5 Å². The molecule has 1 amide bonds. The molecule has 148 valence electrons. The first-order valence-corrected chi connectivity index (χ1v) is 9.60. The molecule has 0 aliphatic carbocycles. The Morgan fingerprint density at radius 1 is 1.00 bits per heavy atom. The minimum Gasteiger partial charge on any atom is -0.449 e. The molecule has 1 aliphatic heterocycles. The number of carbonyl (C=O) groups is 1. The van der Waals surface area contributed by atoms with Gasteiger partial charge in [-0.15, -0.1) is 0 Å². The zero-order chi connectivity index (χ0) is 20.4. The third kappa shape index (κ3) is 4.40. The number of benzene rings is 2. The Morgan fingerprint density at radius 2 is 1.57 bits per heavy atom. The molecule has 0 saturated carbocycles. The second-order valence-electron chi connectivity index (χ2n) is 8.23. The fraction of sp³-hybridized carbons (Fsp3) is 0.409. The molecule has 0 radical (unpaired) electrons. The Kier molecular flexibility index (Phi) is 5.82. The molecule has 0 spiro atoms. The number of rotatable bonds is 6. The highest BCUT2D eigenvalue weighted by Gasteiger charge is 2.52. The van der Waals surface area contributed by atoms with E-state index in [0.717, 1.165) is 16.6 Å². The standard InChI is InChI=1S/C22H28BNO4/c1-21(2)22(3,4)28-23(27-21)19-13-9-8-12-18(19)17(15-26-20(24)25)14-16-10-6-5-7-11-16/h5-13,17H,14-15H2,1-4H3,(H2,24,25). The molecule has 1 fully saturated rings. The maximum absolute atomic E-state index is 11.2. The summed E-state index contributed by atoms with van der Waals surface area (Å²) in [5.41, 5.74) is 7.52. The van der Waals surface area contributed by atoms with Crippen LogP contribution < -0.4 is 11.2 Å². The van der Waals surface area contributed by atoms with Gasteiger partial charge in [0.15, 0.2) is 0 Å². The van der Waals surface area contributed by atoms with Crippen molar-refractivity contribution in [3.63, 3.8) is 0 Å². The predicted octanol–water partition coefficient (Wildman–Crippen LogP) is 3.41. The molecule has 1 unspecified atom stereocenters. The predicted molar refractivity (Wildman–Crippen MR) is 111 cm³/mol. The van der Waals surface area contributed by atoms with Crippen molar-refractivity contribution in [3.05, 3.63) is 65.7 Å². The van der Waals surface area contributed by atoms with E-state index in [1.165, 1.54) is 0 Å². The van der Waals surface area contributed by atoms with E-state index in [0.29, 0.717) is 6.42 Å². The van der Waals surface area contributed by atoms with Crippen LogP contribution in [0.25, 0.3) is 0 Å². The summed E-state index contributed by atoms with van der Waals surface area (Å²) in [6.45, 7) is 8.34. The van der Waals surface area contributed by atoms with Crippen LogP contribution in [0.1, 0.15) is 44.7 Å². The van der Waals surface area contributed by atoms with Crippen LogP contribution in [0.4, 0.5) is 4.79 Å². The van der Waals surface area contributed by atoms with Gasteiger partial charge in [0.25, 0.3) is 0 Å². The number of hydrogen-bond acceptors (Lipinski definition) is 4. The van der Waals surface area contributed by atoms with E-state index in [9.17, 15) is 4.79 Å².